The summed E-state index contributed by atoms with van der Waals surface area (Å²) in [6.45, 7) is -0.0857. The molecular weight excluding hydrogens is 394 g/mol. The minimum atomic E-state index is -1.45. The molecule has 11 nitrogen and oxygen atoms in total. The second-order valence-electron chi connectivity index (χ2n) is 5.73. The van der Waals surface area contributed by atoms with E-state index in [0.717, 1.165) is 4.90 Å². The third-order valence-electron chi connectivity index (χ3n) is 3.39. The standard InChI is InChI=1S/C16H25N3O8S/c1-10(20)4-5-15(24)27-8-11(16(25)26)19(2)14(23)7-18-12(21)6-17-13(22)9-28-3/h11H,4-9H2,1-3H3,(H,17,22)(H,18,21)(H,25,26). The van der Waals surface area contributed by atoms with Crippen molar-refractivity contribution in [1.82, 2.24) is 15.5 Å². The van der Waals surface area contributed by atoms with Crippen molar-refractivity contribution in [3.63, 3.8) is 0 Å². The van der Waals surface area contributed by atoms with Crippen LogP contribution in [0.2, 0.25) is 0 Å². The van der Waals surface area contributed by atoms with Gasteiger partial charge in [0.15, 0.2) is 6.04 Å². The Morgan fingerprint density at radius 2 is 1.64 bits per heavy atom. The Morgan fingerprint density at radius 3 is 2.18 bits per heavy atom. The number of esters is 1. The first-order chi connectivity index (χ1) is 13.1. The van der Waals surface area contributed by atoms with E-state index in [-0.39, 0.29) is 36.8 Å². The van der Waals surface area contributed by atoms with Crippen LogP contribution >= 0.6 is 11.8 Å². The molecule has 0 rings (SSSR count). The van der Waals surface area contributed by atoms with Gasteiger partial charge in [0, 0.05) is 13.5 Å². The van der Waals surface area contributed by atoms with Crippen LogP contribution in [0.25, 0.3) is 0 Å². The summed E-state index contributed by atoms with van der Waals surface area (Å²) in [5.41, 5.74) is 0. The Bertz CT molecular complexity index is 611. The third kappa shape index (κ3) is 11.2. The largest absolute Gasteiger partial charge is 0.480 e. The van der Waals surface area contributed by atoms with Crippen molar-refractivity contribution in [1.29, 1.82) is 0 Å². The monoisotopic (exact) mass is 419 g/mol. The van der Waals surface area contributed by atoms with Crippen LogP contribution in [-0.4, -0.2) is 90.2 Å². The fourth-order valence-electron chi connectivity index (χ4n) is 1.77. The molecule has 3 amide bonds. The molecule has 1 unspecified atom stereocenters. The first-order valence-corrected chi connectivity index (χ1v) is 9.63. The number of carboxylic acid groups (broad SMARTS) is 1. The Kier molecular flexibility index (Phi) is 12.3. The molecule has 0 aromatic rings. The molecule has 3 N–H and O–H groups in total. The van der Waals surface area contributed by atoms with Crippen LogP contribution in [0.4, 0.5) is 0 Å². The highest BCUT2D eigenvalue weighted by atomic mass is 32.2. The Morgan fingerprint density at radius 1 is 1.04 bits per heavy atom. The van der Waals surface area contributed by atoms with Crippen LogP contribution in [0.5, 0.6) is 0 Å². The van der Waals surface area contributed by atoms with Gasteiger partial charge in [-0.1, -0.05) is 0 Å². The number of ketones is 1. The molecule has 0 aliphatic heterocycles. The minimum absolute atomic E-state index is 0.0230. The maximum atomic E-state index is 12.1. The molecule has 0 radical (unpaired) electrons. The SMILES string of the molecule is CSCC(=O)NCC(=O)NCC(=O)N(C)C(COC(=O)CCC(C)=O)C(=O)O. The van der Waals surface area contributed by atoms with E-state index in [1.54, 1.807) is 6.26 Å². The molecule has 0 fully saturated rings. The number of carboxylic acids is 1. The van der Waals surface area contributed by atoms with Gasteiger partial charge in [0.05, 0.1) is 25.3 Å². The average molecular weight is 419 g/mol. The fraction of sp³-hybridized carbons (Fsp3) is 0.625. The summed E-state index contributed by atoms with van der Waals surface area (Å²) in [5, 5.41) is 13.8. The van der Waals surface area contributed by atoms with E-state index >= 15 is 0 Å². The number of likely N-dealkylation sites (N-methyl/N-ethyl adjacent to an activating group) is 1. The molecule has 0 aromatic carbocycles. The molecule has 0 heterocycles. The lowest BCUT2D eigenvalue weighted by Crippen LogP contribution is -2.50. The lowest BCUT2D eigenvalue weighted by Gasteiger charge is -2.24. The number of rotatable bonds is 13. The quantitative estimate of drug-likeness (QED) is 0.299. The van der Waals surface area contributed by atoms with E-state index in [9.17, 15) is 33.9 Å². The number of Topliss-reactive ketones (excluding diaryl/α,β-unsaturated/α-hetero) is 1. The highest BCUT2D eigenvalue weighted by Crippen LogP contribution is 2.02. The van der Waals surface area contributed by atoms with E-state index in [4.69, 9.17) is 4.74 Å². The van der Waals surface area contributed by atoms with Crippen molar-refractivity contribution in [3.05, 3.63) is 0 Å². The fourth-order valence-corrected chi connectivity index (χ4v) is 2.13. The predicted octanol–water partition coefficient (Wildman–Crippen LogP) is -1.59. The molecule has 0 saturated heterocycles. The molecule has 0 spiro atoms. The summed E-state index contributed by atoms with van der Waals surface area (Å²) in [5.74, 6) is -3.83. The van der Waals surface area contributed by atoms with Gasteiger partial charge in [0.25, 0.3) is 0 Å². The van der Waals surface area contributed by atoms with Gasteiger partial charge in [-0.2, -0.15) is 11.8 Å². The first-order valence-electron chi connectivity index (χ1n) is 8.24. The van der Waals surface area contributed by atoms with Crippen molar-refractivity contribution >= 4 is 47.2 Å². The zero-order valence-corrected chi connectivity index (χ0v) is 16.8. The number of carbonyl (C=O) groups is 6. The zero-order chi connectivity index (χ0) is 21.7. The van der Waals surface area contributed by atoms with Gasteiger partial charge < -0.3 is 30.2 Å². The van der Waals surface area contributed by atoms with Gasteiger partial charge >= 0.3 is 11.9 Å². The Hall–Kier alpha value is -2.63. The highest BCUT2D eigenvalue weighted by molar-refractivity contribution is 7.99. The van der Waals surface area contributed by atoms with Crippen molar-refractivity contribution in [2.24, 2.45) is 0 Å². The van der Waals surface area contributed by atoms with Crippen molar-refractivity contribution in [2.75, 3.05) is 38.8 Å². The van der Waals surface area contributed by atoms with Crippen LogP contribution in [0.15, 0.2) is 0 Å². The zero-order valence-electron chi connectivity index (χ0n) is 16.0. The number of nitrogens with one attached hydrogen (secondary N) is 2. The van der Waals surface area contributed by atoms with E-state index in [0.29, 0.717) is 0 Å². The summed E-state index contributed by atoms with van der Waals surface area (Å²) in [7, 11) is 1.19. The topological polar surface area (TPSA) is 159 Å². The molecule has 28 heavy (non-hydrogen) atoms. The highest BCUT2D eigenvalue weighted by Gasteiger charge is 2.28. The average Bonchev–Trinajstić information content (AvgIpc) is 2.62. The second kappa shape index (κ2) is 13.5. The van der Waals surface area contributed by atoms with Crippen LogP contribution < -0.4 is 10.6 Å². The molecule has 0 bridgehead atoms. The smallest absolute Gasteiger partial charge is 0.330 e. The summed E-state index contributed by atoms with van der Waals surface area (Å²) in [6.07, 6.45) is 1.52. The van der Waals surface area contributed by atoms with Crippen LogP contribution in [0, 0.1) is 0 Å². The predicted molar refractivity (Wildman–Crippen MR) is 99.5 cm³/mol. The number of aliphatic carboxylic acids is 1. The summed E-state index contributed by atoms with van der Waals surface area (Å²) >= 11 is 1.29. The van der Waals surface area contributed by atoms with Crippen molar-refractivity contribution in [2.45, 2.75) is 25.8 Å². The van der Waals surface area contributed by atoms with Gasteiger partial charge in [0.2, 0.25) is 17.7 Å². The van der Waals surface area contributed by atoms with Crippen LogP contribution in [-0.2, 0) is 33.5 Å². The van der Waals surface area contributed by atoms with Gasteiger partial charge in [0.1, 0.15) is 12.4 Å². The molecule has 0 aliphatic rings. The molecule has 158 valence electrons. The number of hydrogen-bond acceptors (Lipinski definition) is 8. The van der Waals surface area contributed by atoms with Crippen molar-refractivity contribution in [3.8, 4) is 0 Å². The molecule has 0 saturated carbocycles. The molecular formula is C16H25N3O8S. The van der Waals surface area contributed by atoms with E-state index in [1.807, 2.05) is 0 Å². The number of amides is 3. The van der Waals surface area contributed by atoms with Crippen molar-refractivity contribution < 1.29 is 38.6 Å². The molecule has 0 aliphatic carbocycles. The summed E-state index contributed by atoms with van der Waals surface area (Å²) in [4.78, 5) is 69.4. The van der Waals surface area contributed by atoms with Crippen LogP contribution in [0.3, 0.4) is 0 Å². The lowest BCUT2D eigenvalue weighted by atomic mass is 10.2. The lowest BCUT2D eigenvalue weighted by molar-refractivity contribution is -0.156. The van der Waals surface area contributed by atoms with Gasteiger partial charge in [-0.15, -0.1) is 0 Å². The third-order valence-corrected chi connectivity index (χ3v) is 3.94. The molecule has 1 atom stereocenters. The normalized spacial score (nSPS) is 11.1. The second-order valence-corrected chi connectivity index (χ2v) is 6.60. The number of carbonyl (C=O) groups excluding carboxylic acids is 5. The number of ether oxygens (including phenoxy) is 1. The number of hydrogen-bond donors (Lipinski definition) is 3. The first kappa shape index (κ1) is 25.4. The van der Waals surface area contributed by atoms with E-state index < -0.39 is 42.9 Å². The summed E-state index contributed by atoms with van der Waals surface area (Å²) in [6, 6.07) is -1.45. The maximum absolute atomic E-state index is 12.1. The van der Waals surface area contributed by atoms with E-state index in [2.05, 4.69) is 10.6 Å². The van der Waals surface area contributed by atoms with Gasteiger partial charge in [-0.3, -0.25) is 19.2 Å². The maximum Gasteiger partial charge on any atom is 0.330 e. The molecule has 12 heteroatoms. The minimum Gasteiger partial charge on any atom is -0.480 e. The Balaban J connectivity index is 4.46. The summed E-state index contributed by atoms with van der Waals surface area (Å²) < 4.78 is 4.80. The van der Waals surface area contributed by atoms with Gasteiger partial charge in [-0.25, -0.2) is 4.79 Å². The number of thioether (sulfide) groups is 1. The van der Waals surface area contributed by atoms with E-state index in [1.165, 1.54) is 25.7 Å². The Labute approximate surface area is 166 Å². The van der Waals surface area contributed by atoms with Crippen LogP contribution in [0.1, 0.15) is 19.8 Å². The number of nitrogens with zero attached hydrogens (tertiary/aromatic N) is 1. The molecule has 0 aromatic heterocycles. The van der Waals surface area contributed by atoms with Gasteiger partial charge in [-0.05, 0) is 13.2 Å².